The molecule has 3 aromatic rings. The quantitative estimate of drug-likeness (QED) is 0.603. The number of aromatic amines is 1. The van der Waals surface area contributed by atoms with Gasteiger partial charge in [0.1, 0.15) is 5.82 Å². The van der Waals surface area contributed by atoms with E-state index in [9.17, 15) is 4.39 Å². The summed E-state index contributed by atoms with van der Waals surface area (Å²) in [6.07, 6.45) is 6.63. The van der Waals surface area contributed by atoms with Crippen molar-refractivity contribution in [2.24, 2.45) is 5.92 Å². The van der Waals surface area contributed by atoms with Gasteiger partial charge in [0.25, 0.3) is 0 Å². The van der Waals surface area contributed by atoms with Gasteiger partial charge >= 0.3 is 0 Å². The Balaban J connectivity index is 1.33. The van der Waals surface area contributed by atoms with Crippen molar-refractivity contribution in [1.82, 2.24) is 9.88 Å². The van der Waals surface area contributed by atoms with Gasteiger partial charge in [0.05, 0.1) is 12.1 Å². The van der Waals surface area contributed by atoms with Gasteiger partial charge in [0.2, 0.25) is 0 Å². The molecule has 2 heterocycles. The molecule has 0 radical (unpaired) electrons. The third-order valence-electron chi connectivity index (χ3n) is 6.11. The van der Waals surface area contributed by atoms with Crippen molar-refractivity contribution in [2.75, 3.05) is 20.7 Å². The average molecular weight is 387 g/mol. The number of nitrogens with one attached hydrogen (secondary N) is 1. The second-order valence-corrected chi connectivity index (χ2v) is 8.81. The molecule has 4 rings (SSSR count). The first-order valence-electron chi connectivity index (χ1n) is 9.63. The molecule has 1 fully saturated rings. The van der Waals surface area contributed by atoms with E-state index >= 15 is 0 Å². The lowest BCUT2D eigenvalue weighted by Gasteiger charge is -2.44. The number of H-pyrrole nitrogens is 1. The van der Waals surface area contributed by atoms with E-state index in [0.717, 1.165) is 23.1 Å². The zero-order chi connectivity index (χ0) is 18.9. The number of hydrogen-bond acceptors (Lipinski definition) is 3. The summed E-state index contributed by atoms with van der Waals surface area (Å²) in [5.41, 5.74) is 2.17. The fourth-order valence-corrected chi connectivity index (χ4v) is 5.45. The molecule has 0 saturated heterocycles. The Morgan fingerprint density at radius 1 is 1.26 bits per heavy atom. The molecule has 1 aliphatic carbocycles. The van der Waals surface area contributed by atoms with Gasteiger partial charge in [0.15, 0.2) is 0 Å². The highest BCUT2D eigenvalue weighted by atomic mass is 32.1. The van der Waals surface area contributed by atoms with Crippen LogP contribution in [0.5, 0.6) is 0 Å². The molecular formula is C22H27FN2OS. The molecule has 1 aromatic carbocycles. The molecule has 0 aliphatic heterocycles. The van der Waals surface area contributed by atoms with E-state index in [2.05, 4.69) is 41.5 Å². The summed E-state index contributed by atoms with van der Waals surface area (Å²) in [5.74, 6) is 0.393. The molecular weight excluding hydrogens is 359 g/mol. The molecule has 1 saturated carbocycles. The minimum atomic E-state index is -0.204. The summed E-state index contributed by atoms with van der Waals surface area (Å²) in [4.78, 5) is 7.07. The third-order valence-corrected chi connectivity index (χ3v) is 7.17. The lowest BCUT2D eigenvalue weighted by molar-refractivity contribution is 0.0306. The predicted octanol–water partition coefficient (Wildman–Crippen LogP) is 5.53. The minimum Gasteiger partial charge on any atom is -0.376 e. The number of aromatic nitrogens is 1. The molecule has 0 unspecified atom stereocenters. The lowest BCUT2D eigenvalue weighted by Crippen LogP contribution is -2.44. The van der Waals surface area contributed by atoms with Crippen LogP contribution in [0.4, 0.5) is 4.39 Å². The number of hydrogen-bond donors (Lipinski definition) is 1. The summed E-state index contributed by atoms with van der Waals surface area (Å²) in [5, 5.41) is 3.10. The normalized spacial score (nSPS) is 23.3. The number of ether oxygens (including phenoxy) is 1. The topological polar surface area (TPSA) is 28.3 Å². The highest BCUT2D eigenvalue weighted by Crippen LogP contribution is 2.44. The summed E-state index contributed by atoms with van der Waals surface area (Å²) >= 11 is 1.87. The van der Waals surface area contributed by atoms with E-state index in [-0.39, 0.29) is 11.4 Å². The lowest BCUT2D eigenvalue weighted by atomic mass is 9.75. The maximum atomic E-state index is 13.5. The van der Waals surface area contributed by atoms with Crippen molar-refractivity contribution in [2.45, 2.75) is 37.8 Å². The zero-order valence-corrected chi connectivity index (χ0v) is 16.8. The Bertz CT molecular complexity index is 879. The van der Waals surface area contributed by atoms with E-state index in [1.165, 1.54) is 36.6 Å². The predicted molar refractivity (Wildman–Crippen MR) is 110 cm³/mol. The van der Waals surface area contributed by atoms with Crippen LogP contribution in [0.2, 0.25) is 0 Å². The van der Waals surface area contributed by atoms with Crippen LogP contribution in [0.25, 0.3) is 10.9 Å². The molecule has 0 atom stereocenters. The van der Waals surface area contributed by atoms with Gasteiger partial charge in [-0.2, -0.15) is 0 Å². The summed E-state index contributed by atoms with van der Waals surface area (Å²) in [6, 6.07) is 9.27. The first-order chi connectivity index (χ1) is 13.1. The smallest absolute Gasteiger partial charge is 0.123 e. The second-order valence-electron chi connectivity index (χ2n) is 7.87. The van der Waals surface area contributed by atoms with Crippen LogP contribution in [-0.2, 0) is 16.9 Å². The van der Waals surface area contributed by atoms with E-state index in [0.29, 0.717) is 12.5 Å². The Morgan fingerprint density at radius 2 is 2.07 bits per heavy atom. The first kappa shape index (κ1) is 18.7. The van der Waals surface area contributed by atoms with Crippen molar-refractivity contribution in [3.05, 3.63) is 58.2 Å². The van der Waals surface area contributed by atoms with Crippen LogP contribution in [-0.4, -0.2) is 30.6 Å². The summed E-state index contributed by atoms with van der Waals surface area (Å²) in [6.45, 7) is 1.31. The van der Waals surface area contributed by atoms with E-state index in [1.807, 2.05) is 17.5 Å². The molecule has 0 amide bonds. The molecule has 3 nitrogen and oxygen atoms in total. The number of nitrogens with zero attached hydrogens (tertiary/aromatic N) is 1. The van der Waals surface area contributed by atoms with E-state index in [1.54, 1.807) is 12.1 Å². The second kappa shape index (κ2) is 7.74. The maximum Gasteiger partial charge on any atom is 0.123 e. The third kappa shape index (κ3) is 3.68. The van der Waals surface area contributed by atoms with Crippen LogP contribution < -0.4 is 0 Å². The first-order valence-corrected chi connectivity index (χ1v) is 10.5. The fourth-order valence-electron chi connectivity index (χ4n) is 4.38. The van der Waals surface area contributed by atoms with Gasteiger partial charge in [-0.25, -0.2) is 4.39 Å². The van der Waals surface area contributed by atoms with Crippen LogP contribution in [0, 0.1) is 11.7 Å². The zero-order valence-electron chi connectivity index (χ0n) is 16.0. The average Bonchev–Trinajstić information content (AvgIpc) is 3.33. The highest BCUT2D eigenvalue weighted by Gasteiger charge is 2.39. The Labute approximate surface area is 164 Å². The number of fused-ring (bicyclic) bond motifs is 1. The van der Waals surface area contributed by atoms with Crippen molar-refractivity contribution >= 4 is 22.2 Å². The molecule has 5 heteroatoms. The number of rotatable bonds is 6. The van der Waals surface area contributed by atoms with Gasteiger partial charge in [-0.15, -0.1) is 11.3 Å². The van der Waals surface area contributed by atoms with Crippen molar-refractivity contribution < 1.29 is 9.13 Å². The van der Waals surface area contributed by atoms with Gasteiger partial charge in [-0.05, 0) is 75.3 Å². The van der Waals surface area contributed by atoms with Gasteiger partial charge in [-0.1, -0.05) is 6.07 Å². The van der Waals surface area contributed by atoms with Crippen LogP contribution in [0.15, 0.2) is 41.9 Å². The summed E-state index contributed by atoms with van der Waals surface area (Å²) in [7, 11) is 4.40. The number of halogens is 1. The molecule has 144 valence electrons. The summed E-state index contributed by atoms with van der Waals surface area (Å²) < 4.78 is 19.5. The van der Waals surface area contributed by atoms with Crippen molar-refractivity contribution in [3.8, 4) is 0 Å². The molecule has 1 aliphatic rings. The van der Waals surface area contributed by atoms with Crippen LogP contribution >= 0.6 is 11.3 Å². The van der Waals surface area contributed by atoms with Crippen LogP contribution in [0.3, 0.4) is 0 Å². The molecule has 0 bridgehead atoms. The molecule has 2 aromatic heterocycles. The SMILES string of the molecule is CN(C)C1(c2cccs2)CCC(COCc2c[nH]c3ccc(F)cc23)CC1. The van der Waals surface area contributed by atoms with Crippen molar-refractivity contribution in [3.63, 3.8) is 0 Å². The number of thiophene rings is 1. The monoisotopic (exact) mass is 386 g/mol. The van der Waals surface area contributed by atoms with Crippen molar-refractivity contribution in [1.29, 1.82) is 0 Å². The molecule has 0 spiro atoms. The molecule has 1 N–H and O–H groups in total. The number of benzene rings is 1. The Morgan fingerprint density at radius 3 is 2.78 bits per heavy atom. The van der Waals surface area contributed by atoms with E-state index in [4.69, 9.17) is 4.74 Å². The highest BCUT2D eigenvalue weighted by molar-refractivity contribution is 7.10. The largest absolute Gasteiger partial charge is 0.376 e. The molecule has 27 heavy (non-hydrogen) atoms. The Hall–Kier alpha value is -1.69. The Kier molecular flexibility index (Phi) is 5.35. The van der Waals surface area contributed by atoms with Gasteiger partial charge < -0.3 is 9.72 Å². The van der Waals surface area contributed by atoms with E-state index < -0.39 is 0 Å². The maximum absolute atomic E-state index is 13.5. The van der Waals surface area contributed by atoms with Gasteiger partial charge in [-0.3, -0.25) is 4.90 Å². The fraction of sp³-hybridized carbons (Fsp3) is 0.455. The van der Waals surface area contributed by atoms with Gasteiger partial charge in [0, 0.05) is 34.1 Å². The standard InChI is InChI=1S/C22H27FN2OS/c1-25(2)22(21-4-3-11-27-21)9-7-16(8-10-22)14-26-15-17-13-24-20-6-5-18(23)12-19(17)20/h3-6,11-13,16,24H,7-10,14-15H2,1-2H3. The van der Waals surface area contributed by atoms with Crippen LogP contribution in [0.1, 0.15) is 36.1 Å². The minimum absolute atomic E-state index is 0.180.